The molecule has 3 aromatic rings. The number of benzene rings is 2. The van der Waals surface area contributed by atoms with Crippen molar-refractivity contribution in [1.82, 2.24) is 3.97 Å². The van der Waals surface area contributed by atoms with Crippen molar-refractivity contribution < 1.29 is 18.3 Å². The second-order valence-electron chi connectivity index (χ2n) is 4.62. The Kier molecular flexibility index (Phi) is 3.42. The fraction of sp³-hybridized carbons (Fsp3) is 0. The molecule has 0 unspecified atom stereocenters. The predicted molar refractivity (Wildman–Crippen MR) is 82.9 cm³/mol. The molecule has 0 aliphatic rings. The first kappa shape index (κ1) is 14.6. The summed E-state index contributed by atoms with van der Waals surface area (Å²) in [4.78, 5) is 11.3. The van der Waals surface area contributed by atoms with Crippen LogP contribution in [0, 0.1) is 0 Å². The van der Waals surface area contributed by atoms with Gasteiger partial charge in [0, 0.05) is 16.6 Å². The number of carboxylic acids is 1. The van der Waals surface area contributed by atoms with Gasteiger partial charge < -0.3 is 5.11 Å². The molecule has 0 bridgehead atoms. The van der Waals surface area contributed by atoms with Gasteiger partial charge in [-0.2, -0.15) is 0 Å². The van der Waals surface area contributed by atoms with Gasteiger partial charge in [-0.3, -0.25) is 0 Å². The summed E-state index contributed by atoms with van der Waals surface area (Å²) < 4.78 is 26.4. The number of carbonyl (C=O) groups is 1. The Labute approximate surface area is 131 Å². The van der Waals surface area contributed by atoms with Gasteiger partial charge in [0.05, 0.1) is 16.0 Å². The molecule has 0 radical (unpaired) electrons. The molecule has 1 N–H and O–H groups in total. The van der Waals surface area contributed by atoms with Crippen molar-refractivity contribution in [1.29, 1.82) is 0 Å². The van der Waals surface area contributed by atoms with Crippen LogP contribution in [0.15, 0.2) is 59.6 Å². The van der Waals surface area contributed by atoms with Crippen molar-refractivity contribution in [2.24, 2.45) is 0 Å². The van der Waals surface area contributed by atoms with Gasteiger partial charge in [-0.1, -0.05) is 29.8 Å². The number of carboxylic acid groups (broad SMARTS) is 1. The maximum Gasteiger partial charge on any atom is 0.337 e. The number of hydrogen-bond donors (Lipinski definition) is 1. The summed E-state index contributed by atoms with van der Waals surface area (Å²) in [7, 11) is -3.90. The van der Waals surface area contributed by atoms with Crippen molar-refractivity contribution in [3.63, 3.8) is 0 Å². The highest BCUT2D eigenvalue weighted by molar-refractivity contribution is 7.90. The van der Waals surface area contributed by atoms with Crippen LogP contribution in [0.25, 0.3) is 10.9 Å². The quantitative estimate of drug-likeness (QED) is 0.797. The molecule has 0 atom stereocenters. The first-order chi connectivity index (χ1) is 10.4. The molecule has 0 spiro atoms. The molecule has 1 heterocycles. The summed E-state index contributed by atoms with van der Waals surface area (Å²) in [6.07, 6.45) is 1.12. The fourth-order valence-corrected chi connectivity index (χ4v) is 3.73. The van der Waals surface area contributed by atoms with Gasteiger partial charge in [0.1, 0.15) is 0 Å². The third kappa shape index (κ3) is 2.26. The van der Waals surface area contributed by atoms with Crippen molar-refractivity contribution in [2.45, 2.75) is 4.90 Å². The number of aromatic nitrogens is 1. The van der Waals surface area contributed by atoms with Crippen molar-refractivity contribution in [3.05, 3.63) is 65.3 Å². The molecule has 1 aromatic heterocycles. The molecule has 112 valence electrons. The molecule has 0 saturated heterocycles. The van der Waals surface area contributed by atoms with E-state index in [2.05, 4.69) is 0 Å². The lowest BCUT2D eigenvalue weighted by Crippen LogP contribution is -2.11. The molecule has 0 aliphatic heterocycles. The smallest absolute Gasteiger partial charge is 0.337 e. The minimum Gasteiger partial charge on any atom is -0.478 e. The SMILES string of the molecule is O=C(O)c1cn(S(=O)(=O)c2ccc(Cl)cc2)c2ccccc12. The molecule has 22 heavy (non-hydrogen) atoms. The summed E-state index contributed by atoms with van der Waals surface area (Å²) in [6.45, 7) is 0. The maximum absolute atomic E-state index is 12.7. The molecule has 7 heteroatoms. The Hall–Kier alpha value is -2.31. The van der Waals surface area contributed by atoms with E-state index >= 15 is 0 Å². The van der Waals surface area contributed by atoms with E-state index in [1.807, 2.05) is 0 Å². The van der Waals surface area contributed by atoms with Gasteiger partial charge in [0.15, 0.2) is 0 Å². The largest absolute Gasteiger partial charge is 0.478 e. The molecule has 3 rings (SSSR count). The Morgan fingerprint density at radius 2 is 1.68 bits per heavy atom. The second kappa shape index (κ2) is 5.15. The highest BCUT2D eigenvalue weighted by Gasteiger charge is 2.23. The summed E-state index contributed by atoms with van der Waals surface area (Å²) >= 11 is 5.77. The van der Waals surface area contributed by atoms with Crippen LogP contribution in [-0.2, 0) is 10.0 Å². The summed E-state index contributed by atoms with van der Waals surface area (Å²) in [5, 5.41) is 10.0. The standard InChI is InChI=1S/C15H10ClNO4S/c16-10-5-7-11(8-6-10)22(20,21)17-9-13(15(18)19)12-3-1-2-4-14(12)17/h1-9H,(H,18,19). The van der Waals surface area contributed by atoms with E-state index in [9.17, 15) is 18.3 Å². The van der Waals surface area contributed by atoms with Crippen LogP contribution in [0.5, 0.6) is 0 Å². The molecule has 0 aliphatic carbocycles. The third-order valence-electron chi connectivity index (χ3n) is 3.28. The molecule has 0 amide bonds. The Morgan fingerprint density at radius 3 is 2.32 bits per heavy atom. The van der Waals surface area contributed by atoms with Gasteiger partial charge in [0.25, 0.3) is 10.0 Å². The number of halogens is 1. The van der Waals surface area contributed by atoms with Crippen LogP contribution in [0.2, 0.25) is 5.02 Å². The zero-order valence-electron chi connectivity index (χ0n) is 11.1. The fourth-order valence-electron chi connectivity index (χ4n) is 2.24. The van der Waals surface area contributed by atoms with E-state index in [-0.39, 0.29) is 10.5 Å². The number of para-hydroxylation sites is 1. The van der Waals surface area contributed by atoms with Crippen LogP contribution < -0.4 is 0 Å². The average molecular weight is 336 g/mol. The van der Waals surface area contributed by atoms with Gasteiger partial charge in [-0.05, 0) is 30.3 Å². The van der Waals surface area contributed by atoms with E-state index in [0.717, 1.165) is 10.2 Å². The van der Waals surface area contributed by atoms with Crippen LogP contribution in [-0.4, -0.2) is 23.5 Å². The molecular weight excluding hydrogens is 326 g/mol. The van der Waals surface area contributed by atoms with Crippen LogP contribution >= 0.6 is 11.6 Å². The van der Waals surface area contributed by atoms with Crippen molar-refractivity contribution >= 4 is 38.5 Å². The first-order valence-corrected chi connectivity index (χ1v) is 8.07. The van der Waals surface area contributed by atoms with E-state index in [4.69, 9.17) is 11.6 Å². The number of rotatable bonds is 3. The van der Waals surface area contributed by atoms with Crippen LogP contribution in [0.4, 0.5) is 0 Å². The monoisotopic (exact) mass is 335 g/mol. The maximum atomic E-state index is 12.7. The Morgan fingerprint density at radius 1 is 1.05 bits per heavy atom. The van der Waals surface area contributed by atoms with Gasteiger partial charge in [-0.25, -0.2) is 17.2 Å². The molecule has 5 nitrogen and oxygen atoms in total. The summed E-state index contributed by atoms with van der Waals surface area (Å²) in [5.41, 5.74) is 0.253. The highest BCUT2D eigenvalue weighted by atomic mass is 35.5. The molecule has 0 saturated carbocycles. The lowest BCUT2D eigenvalue weighted by Gasteiger charge is -2.07. The normalized spacial score (nSPS) is 11.7. The van der Waals surface area contributed by atoms with E-state index in [1.54, 1.807) is 24.3 Å². The zero-order valence-corrected chi connectivity index (χ0v) is 12.7. The number of aromatic carboxylic acids is 1. The van der Waals surface area contributed by atoms with E-state index < -0.39 is 16.0 Å². The second-order valence-corrected chi connectivity index (χ2v) is 6.87. The number of fused-ring (bicyclic) bond motifs is 1. The number of hydrogen-bond acceptors (Lipinski definition) is 3. The van der Waals surface area contributed by atoms with Gasteiger partial charge >= 0.3 is 5.97 Å². The van der Waals surface area contributed by atoms with Gasteiger partial charge in [-0.15, -0.1) is 0 Å². The summed E-state index contributed by atoms with van der Waals surface area (Å²) in [5.74, 6) is -1.18. The molecule has 2 aromatic carbocycles. The van der Waals surface area contributed by atoms with Crippen LogP contribution in [0.3, 0.4) is 0 Å². The predicted octanol–water partition coefficient (Wildman–Crippen LogP) is 3.23. The van der Waals surface area contributed by atoms with E-state index in [1.165, 1.54) is 24.3 Å². The first-order valence-electron chi connectivity index (χ1n) is 6.26. The number of nitrogens with zero attached hydrogens (tertiary/aromatic N) is 1. The van der Waals surface area contributed by atoms with Crippen LogP contribution in [0.1, 0.15) is 10.4 Å². The van der Waals surface area contributed by atoms with Gasteiger partial charge in [0.2, 0.25) is 0 Å². The average Bonchev–Trinajstić information content (AvgIpc) is 2.88. The lowest BCUT2D eigenvalue weighted by molar-refractivity contribution is 0.0699. The minimum atomic E-state index is -3.90. The third-order valence-corrected chi connectivity index (χ3v) is 5.22. The molecule has 0 fully saturated rings. The summed E-state index contributed by atoms with van der Waals surface area (Å²) in [6, 6.07) is 12.2. The topological polar surface area (TPSA) is 76.4 Å². The Bertz CT molecular complexity index is 974. The Balaban J connectivity index is 2.30. The van der Waals surface area contributed by atoms with E-state index in [0.29, 0.717) is 15.9 Å². The van der Waals surface area contributed by atoms with Crippen molar-refractivity contribution in [3.8, 4) is 0 Å². The highest BCUT2D eigenvalue weighted by Crippen LogP contribution is 2.26. The molecular formula is C15H10ClNO4S. The minimum absolute atomic E-state index is 0.0367. The zero-order chi connectivity index (χ0) is 15.9. The van der Waals surface area contributed by atoms with Crippen molar-refractivity contribution in [2.75, 3.05) is 0 Å². The lowest BCUT2D eigenvalue weighted by atomic mass is 10.2.